The van der Waals surface area contributed by atoms with Gasteiger partial charge in [0, 0.05) is 12.6 Å². The number of rotatable bonds is 7. The van der Waals surface area contributed by atoms with Crippen LogP contribution in [-0.4, -0.2) is 35.9 Å². The Morgan fingerprint density at radius 1 is 1.45 bits per heavy atom. The number of nitrogens with zero attached hydrogens (tertiary/aromatic N) is 2. The fraction of sp³-hybridized carbons (Fsp3) is 0.667. The molecule has 0 bridgehead atoms. The Balaban J connectivity index is 2.14. The van der Waals surface area contributed by atoms with Gasteiger partial charge in [-0.3, -0.25) is 0 Å². The van der Waals surface area contributed by atoms with Crippen LogP contribution in [0.25, 0.3) is 0 Å². The minimum atomic E-state index is 0.130. The van der Waals surface area contributed by atoms with Crippen molar-refractivity contribution in [2.45, 2.75) is 39.2 Å². The summed E-state index contributed by atoms with van der Waals surface area (Å²) in [5.74, 6) is 1.77. The molecule has 5 heteroatoms. The normalized spacial score (nSPS) is 15.2. The number of ether oxygens (including phenoxy) is 1. The average molecular weight is 279 g/mol. The molecule has 5 nitrogen and oxygen atoms in total. The molecular weight excluding hydrogens is 254 g/mol. The van der Waals surface area contributed by atoms with Crippen LogP contribution in [-0.2, 0) is 0 Å². The quantitative estimate of drug-likeness (QED) is 0.799. The smallest absolute Gasteiger partial charge is 0.239 e. The standard InChI is InChI=1S/C15H25N3O2/c1-11(2)10-20-15-13(16)6-7-14(17-15)18(8-9-19)12-4-3-5-12/h6-7,11-12,19H,3-5,8-10,16H2,1-2H3. The maximum atomic E-state index is 9.24. The Labute approximate surface area is 120 Å². The molecule has 20 heavy (non-hydrogen) atoms. The summed E-state index contributed by atoms with van der Waals surface area (Å²) in [7, 11) is 0. The van der Waals surface area contributed by atoms with Gasteiger partial charge in [-0.2, -0.15) is 4.98 Å². The molecule has 0 aliphatic heterocycles. The number of anilines is 2. The van der Waals surface area contributed by atoms with E-state index < -0.39 is 0 Å². The second kappa shape index (κ2) is 6.79. The van der Waals surface area contributed by atoms with Gasteiger partial charge in [-0.1, -0.05) is 13.8 Å². The molecule has 1 aliphatic carbocycles. The zero-order valence-electron chi connectivity index (χ0n) is 12.4. The van der Waals surface area contributed by atoms with Crippen LogP contribution in [0.15, 0.2) is 12.1 Å². The summed E-state index contributed by atoms with van der Waals surface area (Å²) in [4.78, 5) is 6.69. The average Bonchev–Trinajstić information content (AvgIpc) is 2.35. The van der Waals surface area contributed by atoms with Crippen LogP contribution in [0.5, 0.6) is 5.88 Å². The number of hydrogen-bond donors (Lipinski definition) is 2. The SMILES string of the molecule is CC(C)COc1nc(N(CCO)C2CCC2)ccc1N. The highest BCUT2D eigenvalue weighted by atomic mass is 16.5. The Kier molecular flexibility index (Phi) is 5.06. The maximum Gasteiger partial charge on any atom is 0.239 e. The number of pyridine rings is 1. The van der Waals surface area contributed by atoms with Gasteiger partial charge in [0.05, 0.1) is 18.9 Å². The van der Waals surface area contributed by atoms with E-state index in [1.54, 1.807) is 0 Å². The zero-order chi connectivity index (χ0) is 14.5. The van der Waals surface area contributed by atoms with Gasteiger partial charge in [-0.05, 0) is 37.3 Å². The van der Waals surface area contributed by atoms with Crippen LogP contribution in [0.4, 0.5) is 11.5 Å². The Hall–Kier alpha value is -1.49. The zero-order valence-corrected chi connectivity index (χ0v) is 12.4. The molecule has 2 rings (SSSR count). The highest BCUT2D eigenvalue weighted by Gasteiger charge is 2.26. The van der Waals surface area contributed by atoms with Gasteiger partial charge in [-0.15, -0.1) is 0 Å². The molecule has 1 aromatic rings. The van der Waals surface area contributed by atoms with Crippen molar-refractivity contribution >= 4 is 11.5 Å². The van der Waals surface area contributed by atoms with Gasteiger partial charge >= 0.3 is 0 Å². The number of nitrogens with two attached hydrogens (primary N) is 1. The molecule has 3 N–H and O–H groups in total. The first-order valence-corrected chi connectivity index (χ1v) is 7.38. The molecule has 1 saturated carbocycles. The van der Waals surface area contributed by atoms with Crippen molar-refractivity contribution in [3.63, 3.8) is 0 Å². The van der Waals surface area contributed by atoms with Gasteiger partial charge in [0.15, 0.2) is 0 Å². The van der Waals surface area contributed by atoms with Crippen LogP contribution < -0.4 is 15.4 Å². The molecule has 0 radical (unpaired) electrons. The second-order valence-corrected chi connectivity index (χ2v) is 5.77. The van der Waals surface area contributed by atoms with Crippen LogP contribution in [0.1, 0.15) is 33.1 Å². The summed E-state index contributed by atoms with van der Waals surface area (Å²) in [5.41, 5.74) is 6.48. The summed E-state index contributed by atoms with van der Waals surface area (Å²) in [6.07, 6.45) is 3.57. The van der Waals surface area contributed by atoms with E-state index >= 15 is 0 Å². The van der Waals surface area contributed by atoms with Crippen LogP contribution in [0.3, 0.4) is 0 Å². The lowest BCUT2D eigenvalue weighted by molar-refractivity contribution is 0.261. The first-order valence-electron chi connectivity index (χ1n) is 7.38. The number of aliphatic hydroxyl groups excluding tert-OH is 1. The van der Waals surface area contributed by atoms with E-state index in [9.17, 15) is 5.11 Å². The third-order valence-corrected chi connectivity index (χ3v) is 3.58. The summed E-state index contributed by atoms with van der Waals surface area (Å²) >= 11 is 0. The van der Waals surface area contributed by atoms with E-state index in [-0.39, 0.29) is 6.61 Å². The summed E-state index contributed by atoms with van der Waals surface area (Å²) < 4.78 is 5.67. The van der Waals surface area contributed by atoms with Gasteiger partial charge in [0.2, 0.25) is 5.88 Å². The molecule has 0 amide bonds. The first kappa shape index (κ1) is 14.9. The third kappa shape index (κ3) is 3.54. The molecule has 1 aliphatic rings. The maximum absolute atomic E-state index is 9.24. The van der Waals surface area contributed by atoms with E-state index in [0.29, 0.717) is 36.7 Å². The molecule has 0 aromatic carbocycles. The summed E-state index contributed by atoms with van der Waals surface area (Å²) in [5, 5.41) is 9.24. The molecule has 0 atom stereocenters. The molecule has 1 fully saturated rings. The van der Waals surface area contributed by atoms with Gasteiger partial charge in [-0.25, -0.2) is 0 Å². The van der Waals surface area contributed by atoms with Crippen molar-refractivity contribution in [2.75, 3.05) is 30.4 Å². The lowest BCUT2D eigenvalue weighted by atomic mass is 9.91. The fourth-order valence-corrected chi connectivity index (χ4v) is 2.25. The van der Waals surface area contributed by atoms with E-state index in [4.69, 9.17) is 10.5 Å². The largest absolute Gasteiger partial charge is 0.476 e. The van der Waals surface area contributed by atoms with Crippen LogP contribution in [0, 0.1) is 5.92 Å². The van der Waals surface area contributed by atoms with Crippen molar-refractivity contribution in [3.05, 3.63) is 12.1 Å². The number of aliphatic hydroxyl groups is 1. The molecular formula is C15H25N3O2. The minimum Gasteiger partial charge on any atom is -0.476 e. The van der Waals surface area contributed by atoms with E-state index in [1.165, 1.54) is 6.42 Å². The first-order chi connectivity index (χ1) is 9.61. The highest BCUT2D eigenvalue weighted by molar-refractivity contribution is 5.55. The molecule has 1 heterocycles. The number of nitrogen functional groups attached to an aromatic ring is 1. The number of hydrogen-bond acceptors (Lipinski definition) is 5. The van der Waals surface area contributed by atoms with Crippen molar-refractivity contribution in [1.82, 2.24) is 4.98 Å². The molecule has 0 unspecified atom stereocenters. The molecule has 0 saturated heterocycles. The predicted molar refractivity (Wildman–Crippen MR) is 81.1 cm³/mol. The Bertz CT molecular complexity index is 433. The topological polar surface area (TPSA) is 71.6 Å². The molecule has 0 spiro atoms. The third-order valence-electron chi connectivity index (χ3n) is 3.58. The molecule has 1 aromatic heterocycles. The number of aromatic nitrogens is 1. The van der Waals surface area contributed by atoms with Gasteiger partial charge < -0.3 is 20.5 Å². The van der Waals surface area contributed by atoms with Crippen molar-refractivity contribution < 1.29 is 9.84 Å². The highest BCUT2D eigenvalue weighted by Crippen LogP contribution is 2.31. The van der Waals surface area contributed by atoms with Crippen LogP contribution >= 0.6 is 0 Å². The van der Waals surface area contributed by atoms with Gasteiger partial charge in [0.1, 0.15) is 5.82 Å². The summed E-state index contributed by atoms with van der Waals surface area (Å²) in [6.45, 7) is 5.51. The van der Waals surface area contributed by atoms with Crippen LogP contribution in [0.2, 0.25) is 0 Å². The van der Waals surface area contributed by atoms with E-state index in [0.717, 1.165) is 18.7 Å². The minimum absolute atomic E-state index is 0.130. The lowest BCUT2D eigenvalue weighted by Gasteiger charge is -2.38. The van der Waals surface area contributed by atoms with Crippen molar-refractivity contribution in [2.24, 2.45) is 5.92 Å². The van der Waals surface area contributed by atoms with Crippen molar-refractivity contribution in [1.29, 1.82) is 0 Å². The molecule has 112 valence electrons. The predicted octanol–water partition coefficient (Wildman–Crippen LogP) is 2.05. The Morgan fingerprint density at radius 2 is 2.20 bits per heavy atom. The fourth-order valence-electron chi connectivity index (χ4n) is 2.25. The monoisotopic (exact) mass is 279 g/mol. The second-order valence-electron chi connectivity index (χ2n) is 5.77. The van der Waals surface area contributed by atoms with E-state index in [2.05, 4.69) is 23.7 Å². The van der Waals surface area contributed by atoms with Gasteiger partial charge in [0.25, 0.3) is 0 Å². The van der Waals surface area contributed by atoms with Crippen molar-refractivity contribution in [3.8, 4) is 5.88 Å². The lowest BCUT2D eigenvalue weighted by Crippen LogP contribution is -2.42. The van der Waals surface area contributed by atoms with E-state index in [1.807, 2.05) is 12.1 Å². The Morgan fingerprint density at radius 3 is 2.75 bits per heavy atom. The summed E-state index contributed by atoms with van der Waals surface area (Å²) in [6, 6.07) is 4.23.